The van der Waals surface area contributed by atoms with Crippen molar-refractivity contribution in [2.45, 2.75) is 38.3 Å². The van der Waals surface area contributed by atoms with Crippen LogP contribution < -0.4 is 20.9 Å². The van der Waals surface area contributed by atoms with Gasteiger partial charge < -0.3 is 20.4 Å². The summed E-state index contributed by atoms with van der Waals surface area (Å²) in [6.45, 7) is 4.26. The van der Waals surface area contributed by atoms with Crippen LogP contribution in [-0.2, 0) is 16.0 Å². The van der Waals surface area contributed by atoms with Crippen LogP contribution in [0.2, 0.25) is 5.02 Å². The topological polar surface area (TPSA) is 113 Å². The summed E-state index contributed by atoms with van der Waals surface area (Å²) in [4.78, 5) is 44.8. The smallest absolute Gasteiger partial charge is 0.256 e. The molecule has 2 heterocycles. The van der Waals surface area contributed by atoms with Gasteiger partial charge in [-0.05, 0) is 37.0 Å². The summed E-state index contributed by atoms with van der Waals surface area (Å²) in [5.41, 5.74) is 0.504. The number of aromatic nitrogens is 2. The molecule has 1 unspecified atom stereocenters. The molecule has 0 aliphatic carbocycles. The molecule has 1 aliphatic heterocycles. The number of halogens is 1. The number of rotatable bonds is 8. The van der Waals surface area contributed by atoms with Crippen molar-refractivity contribution in [1.82, 2.24) is 9.97 Å². The minimum Gasteiger partial charge on any atom is -0.495 e. The van der Waals surface area contributed by atoms with Crippen LogP contribution in [-0.4, -0.2) is 34.6 Å². The van der Waals surface area contributed by atoms with Crippen molar-refractivity contribution in [1.29, 1.82) is 0 Å². The Kier molecular flexibility index (Phi) is 7.61. The fourth-order valence-corrected chi connectivity index (χ4v) is 4.43. The lowest BCUT2D eigenvalue weighted by Gasteiger charge is -2.23. The molecule has 1 aromatic heterocycles. The fraction of sp³-hybridized carbons (Fsp3) is 0.429. The fourth-order valence-electron chi connectivity index (χ4n) is 3.16. The number of methoxy groups -OCH3 is 1. The third-order valence-electron chi connectivity index (χ3n) is 4.86. The molecular weight excluding hydrogens is 440 g/mol. The second-order valence-electron chi connectivity index (χ2n) is 7.72. The molecule has 1 atom stereocenters. The second-order valence-corrected chi connectivity index (χ2v) is 9.24. The highest BCUT2D eigenvalue weighted by atomic mass is 35.5. The van der Waals surface area contributed by atoms with Crippen LogP contribution >= 0.6 is 23.4 Å². The summed E-state index contributed by atoms with van der Waals surface area (Å²) < 4.78 is 5.22. The van der Waals surface area contributed by atoms with Gasteiger partial charge in [-0.2, -0.15) is 0 Å². The van der Waals surface area contributed by atoms with Crippen LogP contribution in [0.5, 0.6) is 5.75 Å². The molecule has 0 fully saturated rings. The summed E-state index contributed by atoms with van der Waals surface area (Å²) in [6, 6.07) is 4.86. The van der Waals surface area contributed by atoms with Crippen molar-refractivity contribution in [2.75, 3.05) is 23.5 Å². The minimum absolute atomic E-state index is 0.0920. The number of H-pyrrole nitrogens is 1. The molecule has 1 aliphatic rings. The Balaban J connectivity index is 1.68. The number of aromatic amines is 1. The first-order chi connectivity index (χ1) is 14.8. The Labute approximate surface area is 189 Å². The number of hydrogen-bond acceptors (Lipinski definition) is 6. The van der Waals surface area contributed by atoms with E-state index < -0.39 is 5.92 Å². The molecular formula is C21H25ClN4O4S. The van der Waals surface area contributed by atoms with Gasteiger partial charge in [0, 0.05) is 17.2 Å². The number of carbonyl (C=O) groups is 2. The first-order valence-electron chi connectivity index (χ1n) is 9.97. The zero-order valence-corrected chi connectivity index (χ0v) is 19.2. The summed E-state index contributed by atoms with van der Waals surface area (Å²) in [5.74, 6) is 0.707. The lowest BCUT2D eigenvalue weighted by molar-refractivity contribution is -0.125. The molecule has 3 N–H and O–H groups in total. The Hall–Kier alpha value is -2.52. The molecule has 0 spiro atoms. The first-order valence-corrected chi connectivity index (χ1v) is 11.3. The molecule has 8 nitrogen and oxygen atoms in total. The highest BCUT2D eigenvalue weighted by molar-refractivity contribution is 7.99. The number of benzene rings is 1. The Morgan fingerprint density at radius 2 is 2.16 bits per heavy atom. The minimum atomic E-state index is -0.681. The van der Waals surface area contributed by atoms with E-state index in [9.17, 15) is 14.4 Å². The number of carbonyl (C=O) groups excluding carboxylic acids is 2. The van der Waals surface area contributed by atoms with Gasteiger partial charge in [0.2, 0.25) is 11.8 Å². The van der Waals surface area contributed by atoms with Gasteiger partial charge in [-0.3, -0.25) is 14.4 Å². The molecule has 10 heteroatoms. The van der Waals surface area contributed by atoms with Gasteiger partial charge in [-0.1, -0.05) is 37.2 Å². The number of nitrogens with one attached hydrogen (secondary N) is 3. The number of thioether (sulfide) groups is 1. The molecule has 0 radical (unpaired) electrons. The Bertz CT molecular complexity index is 1040. The number of nitrogens with zero attached hydrogens (tertiary/aromatic N) is 1. The number of hydrogen-bond donors (Lipinski definition) is 3. The maximum atomic E-state index is 12.6. The Morgan fingerprint density at radius 3 is 2.87 bits per heavy atom. The predicted molar refractivity (Wildman–Crippen MR) is 122 cm³/mol. The lowest BCUT2D eigenvalue weighted by atomic mass is 9.92. The molecule has 166 valence electrons. The number of ether oxygens (including phenoxy) is 1. The molecule has 0 bridgehead atoms. The van der Waals surface area contributed by atoms with E-state index in [2.05, 4.69) is 34.4 Å². The average molecular weight is 465 g/mol. The van der Waals surface area contributed by atoms with Crippen molar-refractivity contribution in [3.8, 4) is 5.75 Å². The van der Waals surface area contributed by atoms with Gasteiger partial charge in [-0.25, -0.2) is 4.98 Å². The van der Waals surface area contributed by atoms with Crippen LogP contribution in [0.25, 0.3) is 0 Å². The van der Waals surface area contributed by atoms with Crippen molar-refractivity contribution < 1.29 is 14.3 Å². The quantitative estimate of drug-likeness (QED) is 0.405. The molecule has 2 amide bonds. The van der Waals surface area contributed by atoms with Gasteiger partial charge in [0.1, 0.15) is 11.6 Å². The Morgan fingerprint density at radius 1 is 1.39 bits per heavy atom. The summed E-state index contributed by atoms with van der Waals surface area (Å²) in [5, 5.41) is 6.32. The standard InChI is InChI=1S/C21H25ClN4O4S/c1-11(2)6-7-31-21-25-18-14(20(29)26-21)8-12(19(28)24-18)9-17(27)23-15-10-13(22)4-5-16(15)30-3/h4-5,10-12H,6-9H2,1-3H3,(H,23,27)(H2,24,25,26,28,29). The third kappa shape index (κ3) is 6.01. The first kappa shape index (κ1) is 23.1. The normalized spacial score (nSPS) is 15.4. The van der Waals surface area contributed by atoms with Gasteiger partial charge in [-0.15, -0.1) is 0 Å². The largest absolute Gasteiger partial charge is 0.495 e. The van der Waals surface area contributed by atoms with E-state index in [4.69, 9.17) is 16.3 Å². The predicted octanol–water partition coefficient (Wildman–Crippen LogP) is 3.71. The highest BCUT2D eigenvalue weighted by Crippen LogP contribution is 2.29. The molecule has 31 heavy (non-hydrogen) atoms. The van der Waals surface area contributed by atoms with E-state index in [1.54, 1.807) is 18.2 Å². The number of fused-ring (bicyclic) bond motifs is 1. The lowest BCUT2D eigenvalue weighted by Crippen LogP contribution is -2.36. The summed E-state index contributed by atoms with van der Waals surface area (Å²) in [7, 11) is 1.49. The van der Waals surface area contributed by atoms with E-state index in [0.717, 1.165) is 12.2 Å². The van der Waals surface area contributed by atoms with E-state index in [0.29, 0.717) is 33.1 Å². The van der Waals surface area contributed by atoms with Crippen LogP contribution in [0.3, 0.4) is 0 Å². The van der Waals surface area contributed by atoms with Crippen molar-refractivity contribution in [3.05, 3.63) is 39.1 Å². The molecule has 3 rings (SSSR count). The number of anilines is 2. The van der Waals surface area contributed by atoms with Gasteiger partial charge in [0.15, 0.2) is 5.16 Å². The van der Waals surface area contributed by atoms with E-state index in [-0.39, 0.29) is 36.0 Å². The highest BCUT2D eigenvalue weighted by Gasteiger charge is 2.31. The summed E-state index contributed by atoms with van der Waals surface area (Å²) in [6.07, 6.45) is 1.04. The van der Waals surface area contributed by atoms with Crippen LogP contribution in [0.15, 0.2) is 28.2 Å². The van der Waals surface area contributed by atoms with Crippen molar-refractivity contribution in [2.24, 2.45) is 11.8 Å². The van der Waals surface area contributed by atoms with Gasteiger partial charge in [0.05, 0.1) is 24.3 Å². The third-order valence-corrected chi connectivity index (χ3v) is 6.00. The van der Waals surface area contributed by atoms with Crippen LogP contribution in [0, 0.1) is 11.8 Å². The van der Waals surface area contributed by atoms with Crippen LogP contribution in [0.4, 0.5) is 11.5 Å². The van der Waals surface area contributed by atoms with E-state index in [1.807, 2.05) is 0 Å². The zero-order chi connectivity index (χ0) is 22.5. The summed E-state index contributed by atoms with van der Waals surface area (Å²) >= 11 is 7.44. The SMILES string of the molecule is COc1ccc(Cl)cc1NC(=O)CC1Cc2c(nc(SCCC(C)C)[nH]c2=O)NC1=O. The molecule has 0 saturated heterocycles. The van der Waals surface area contributed by atoms with Crippen molar-refractivity contribution >= 4 is 46.7 Å². The van der Waals surface area contributed by atoms with E-state index >= 15 is 0 Å². The number of amides is 2. The van der Waals surface area contributed by atoms with Crippen LogP contribution in [0.1, 0.15) is 32.3 Å². The second kappa shape index (κ2) is 10.2. The average Bonchev–Trinajstić information content (AvgIpc) is 2.69. The molecule has 2 aromatic rings. The molecule has 0 saturated carbocycles. The monoisotopic (exact) mass is 464 g/mol. The van der Waals surface area contributed by atoms with Crippen molar-refractivity contribution in [3.63, 3.8) is 0 Å². The van der Waals surface area contributed by atoms with E-state index in [1.165, 1.54) is 18.9 Å². The molecule has 1 aromatic carbocycles. The van der Waals surface area contributed by atoms with Gasteiger partial charge >= 0.3 is 0 Å². The zero-order valence-electron chi connectivity index (χ0n) is 17.6. The maximum Gasteiger partial charge on any atom is 0.256 e. The maximum absolute atomic E-state index is 12.6. The van der Waals surface area contributed by atoms with Gasteiger partial charge in [0.25, 0.3) is 5.56 Å².